The Balaban J connectivity index is 0.000000447. The van der Waals surface area contributed by atoms with Gasteiger partial charge in [0.1, 0.15) is 23.3 Å². The fraction of sp³-hybridized carbons (Fsp3) is 0.686. The van der Waals surface area contributed by atoms with Crippen LogP contribution in [0.5, 0.6) is 0 Å². The van der Waals surface area contributed by atoms with Crippen molar-refractivity contribution < 1.29 is 62.5 Å². The van der Waals surface area contributed by atoms with Crippen molar-refractivity contribution >= 4 is 24.0 Å². The summed E-state index contributed by atoms with van der Waals surface area (Å²) in [6.45, 7) is 24.8. The Morgan fingerprint density at radius 3 is 1.95 bits per heavy atom. The average molecular weight is 916 g/mol. The van der Waals surface area contributed by atoms with Crippen molar-refractivity contribution in [3.05, 3.63) is 71.8 Å². The number of hydrogen-bond donors (Lipinski definition) is 3. The Morgan fingerprint density at radius 2 is 1.42 bits per heavy atom. The van der Waals surface area contributed by atoms with E-state index in [0.29, 0.717) is 51.1 Å². The summed E-state index contributed by atoms with van der Waals surface area (Å²) in [5, 5.41) is 22.2. The summed E-state index contributed by atoms with van der Waals surface area (Å²) in [4.78, 5) is 48.7. The lowest BCUT2D eigenvalue weighted by atomic mass is 9.91. The summed E-state index contributed by atoms with van der Waals surface area (Å²) < 4.78 is 40.5. The third-order valence-electron chi connectivity index (χ3n) is 10.1. The summed E-state index contributed by atoms with van der Waals surface area (Å²) in [5.74, 6) is -1.97. The van der Waals surface area contributed by atoms with E-state index in [1.165, 1.54) is 5.56 Å². The van der Waals surface area contributed by atoms with Crippen molar-refractivity contribution in [3.63, 3.8) is 0 Å². The van der Waals surface area contributed by atoms with Gasteiger partial charge >= 0.3 is 24.0 Å². The van der Waals surface area contributed by atoms with Crippen LogP contribution in [0.1, 0.15) is 113 Å². The van der Waals surface area contributed by atoms with Crippen LogP contribution in [-0.4, -0.2) is 116 Å². The number of amides is 1. The number of ether oxygens (including phenoxy) is 7. The monoisotopic (exact) mass is 916 g/mol. The van der Waals surface area contributed by atoms with E-state index in [1.54, 1.807) is 27.7 Å². The van der Waals surface area contributed by atoms with E-state index < -0.39 is 65.5 Å². The second-order valence-electron chi connectivity index (χ2n) is 19.9. The number of carboxylic acid groups (broad SMARTS) is 1. The fourth-order valence-electron chi connectivity index (χ4n) is 7.14. The molecule has 1 aliphatic heterocycles. The zero-order chi connectivity index (χ0) is 48.7. The molecule has 1 aliphatic rings. The van der Waals surface area contributed by atoms with Gasteiger partial charge in [-0.05, 0) is 97.6 Å². The number of cyclic esters (lactones) is 1. The number of aliphatic hydroxyl groups is 1. The summed E-state index contributed by atoms with van der Waals surface area (Å²) >= 11 is 0. The molecule has 0 aliphatic carbocycles. The minimum Gasteiger partial charge on any atom is -0.480 e. The van der Waals surface area contributed by atoms with Gasteiger partial charge in [-0.1, -0.05) is 88.4 Å². The number of alkyl carbamates (subject to hydrolysis) is 1. The highest BCUT2D eigenvalue weighted by molar-refractivity contribution is 5.80. The minimum absolute atomic E-state index is 0.0167. The Morgan fingerprint density at radius 1 is 0.831 bits per heavy atom. The standard InChI is InChI=1S/C26H40O6.C25H41NO7/c1-18(2)16-30-24-19(3)31-25(28)21(15-23(27)32-26(4,5)6)12-13-29-17-22(24)14-20-10-8-7-9-11-20;1-17(2)15-32-22(18(3)27)20(14-19-10-8-7-9-11-19)16-31-13-12-21(23(28)29)26-24(30)33-25(4,5)6/h7-11,18-19,21-22,24H,12-17H2,1-6H3;7-11,17-18,20-22,27H,12-16H2,1-6H3,(H,26,30)(H,28,29)/t19-,21+,22-,24-;18-,20-,21-,22-/m00/s1. The molecule has 3 rings (SSSR count). The molecule has 65 heavy (non-hydrogen) atoms. The molecule has 0 aromatic heterocycles. The molecule has 8 atom stereocenters. The quantitative estimate of drug-likeness (QED) is 0.0619. The van der Waals surface area contributed by atoms with Gasteiger partial charge < -0.3 is 48.7 Å². The summed E-state index contributed by atoms with van der Waals surface area (Å²) in [7, 11) is 0. The lowest BCUT2D eigenvalue weighted by molar-refractivity contribution is -0.174. The minimum atomic E-state index is -1.16. The van der Waals surface area contributed by atoms with Gasteiger partial charge in [0, 0.05) is 44.7 Å². The van der Waals surface area contributed by atoms with Crippen molar-refractivity contribution in [2.24, 2.45) is 29.6 Å². The average Bonchev–Trinajstić information content (AvgIpc) is 3.18. The van der Waals surface area contributed by atoms with E-state index in [0.717, 1.165) is 12.0 Å². The fourth-order valence-corrected chi connectivity index (χ4v) is 7.14. The third kappa shape index (κ3) is 24.9. The SMILES string of the molecule is CC(C)CO[C@@H]1[C@@H](Cc2ccccc2)COCC[C@H](CC(=O)OC(C)(C)C)C(=O)O[C@H]1C.CC(C)CO[C@H]([C@H](COCC[C@H](NC(=O)OC(C)(C)C)C(=O)O)Cc1ccccc1)[C@H](C)O. The van der Waals surface area contributed by atoms with Crippen LogP contribution in [0.25, 0.3) is 0 Å². The molecule has 1 saturated heterocycles. The first-order valence-electron chi connectivity index (χ1n) is 23.2. The molecule has 3 N–H and O–H groups in total. The molecule has 14 nitrogen and oxygen atoms in total. The normalized spacial score (nSPS) is 20.3. The molecular formula is C51H81NO13. The molecule has 14 heteroatoms. The van der Waals surface area contributed by atoms with Gasteiger partial charge in [-0.25, -0.2) is 9.59 Å². The van der Waals surface area contributed by atoms with E-state index in [1.807, 2.05) is 90.1 Å². The van der Waals surface area contributed by atoms with E-state index in [-0.39, 0.29) is 44.0 Å². The van der Waals surface area contributed by atoms with Crippen molar-refractivity contribution in [1.29, 1.82) is 0 Å². The highest BCUT2D eigenvalue weighted by atomic mass is 16.6. The molecule has 1 amide bonds. The summed E-state index contributed by atoms with van der Waals surface area (Å²) in [6.07, 6.45) is -0.770. The van der Waals surface area contributed by atoms with Crippen molar-refractivity contribution in [2.45, 2.75) is 157 Å². The zero-order valence-electron chi connectivity index (χ0n) is 41.2. The van der Waals surface area contributed by atoms with Gasteiger partial charge in [0.05, 0.1) is 43.9 Å². The molecule has 1 fully saturated rings. The molecular weight excluding hydrogens is 835 g/mol. The maximum atomic E-state index is 13.0. The third-order valence-corrected chi connectivity index (χ3v) is 10.1. The number of hydrogen-bond acceptors (Lipinski definition) is 12. The summed E-state index contributed by atoms with van der Waals surface area (Å²) in [5.41, 5.74) is 0.971. The number of benzene rings is 2. The molecule has 0 bridgehead atoms. The van der Waals surface area contributed by atoms with Crippen LogP contribution < -0.4 is 5.32 Å². The van der Waals surface area contributed by atoms with Crippen LogP contribution in [0.3, 0.4) is 0 Å². The molecule has 2 aromatic rings. The first kappa shape index (κ1) is 57.0. The predicted molar refractivity (Wildman–Crippen MR) is 249 cm³/mol. The van der Waals surface area contributed by atoms with E-state index in [9.17, 15) is 29.4 Å². The molecule has 0 radical (unpaired) electrons. The second-order valence-corrected chi connectivity index (χ2v) is 19.9. The highest BCUT2D eigenvalue weighted by Gasteiger charge is 2.36. The smallest absolute Gasteiger partial charge is 0.408 e. The Bertz CT molecular complexity index is 1660. The molecule has 0 saturated carbocycles. The molecule has 368 valence electrons. The molecule has 0 unspecified atom stereocenters. The first-order chi connectivity index (χ1) is 30.4. The second kappa shape index (κ2) is 28.8. The van der Waals surface area contributed by atoms with E-state index >= 15 is 0 Å². The molecule has 1 heterocycles. The van der Waals surface area contributed by atoms with E-state index in [2.05, 4.69) is 31.3 Å². The van der Waals surface area contributed by atoms with Crippen LogP contribution in [0.2, 0.25) is 0 Å². The number of esters is 2. The van der Waals surface area contributed by atoms with Crippen LogP contribution in [0, 0.1) is 29.6 Å². The zero-order valence-corrected chi connectivity index (χ0v) is 41.2. The van der Waals surface area contributed by atoms with Crippen LogP contribution in [0.4, 0.5) is 4.79 Å². The number of nitrogens with one attached hydrogen (secondary N) is 1. The Hall–Kier alpha value is -4.08. The molecule has 0 spiro atoms. The number of carboxylic acids is 1. The Kier molecular flexibility index (Phi) is 25.3. The van der Waals surface area contributed by atoms with Gasteiger partial charge in [-0.15, -0.1) is 0 Å². The van der Waals surface area contributed by atoms with Gasteiger partial charge in [-0.3, -0.25) is 9.59 Å². The number of carbonyl (C=O) groups excluding carboxylic acids is 3. The highest BCUT2D eigenvalue weighted by Crippen LogP contribution is 2.26. The van der Waals surface area contributed by atoms with Gasteiger partial charge in [0.15, 0.2) is 0 Å². The van der Waals surface area contributed by atoms with Crippen LogP contribution in [0.15, 0.2) is 60.7 Å². The topological polar surface area (TPSA) is 185 Å². The maximum absolute atomic E-state index is 13.0. The predicted octanol–water partition coefficient (Wildman–Crippen LogP) is 8.24. The largest absolute Gasteiger partial charge is 0.480 e. The van der Waals surface area contributed by atoms with Gasteiger partial charge in [-0.2, -0.15) is 0 Å². The van der Waals surface area contributed by atoms with Gasteiger partial charge in [0.2, 0.25) is 0 Å². The van der Waals surface area contributed by atoms with E-state index in [4.69, 9.17) is 33.2 Å². The van der Waals surface area contributed by atoms with Gasteiger partial charge in [0.25, 0.3) is 0 Å². The van der Waals surface area contributed by atoms with Crippen LogP contribution >= 0.6 is 0 Å². The lowest BCUT2D eigenvalue weighted by Gasteiger charge is -2.34. The van der Waals surface area contributed by atoms with Crippen molar-refractivity contribution in [1.82, 2.24) is 5.32 Å². The van der Waals surface area contributed by atoms with Crippen molar-refractivity contribution in [3.8, 4) is 0 Å². The number of rotatable bonds is 21. The first-order valence-corrected chi connectivity index (χ1v) is 23.2. The number of aliphatic hydroxyl groups excluding tert-OH is 1. The van der Waals surface area contributed by atoms with Crippen LogP contribution in [-0.2, 0) is 60.4 Å². The number of carbonyl (C=O) groups is 4. The summed E-state index contributed by atoms with van der Waals surface area (Å²) in [6, 6.07) is 19.0. The lowest BCUT2D eigenvalue weighted by Crippen LogP contribution is -2.44. The molecule has 2 aromatic carbocycles. The van der Waals surface area contributed by atoms with Crippen molar-refractivity contribution in [2.75, 3.05) is 39.6 Å². The number of aliphatic carboxylic acids is 1. The Labute approximate surface area is 388 Å². The maximum Gasteiger partial charge on any atom is 0.408 e.